The number of ether oxygens (including phenoxy) is 1. The molecule has 2 aromatic rings. The van der Waals surface area contributed by atoms with Gasteiger partial charge in [0, 0.05) is 20.2 Å². The van der Waals surface area contributed by atoms with E-state index in [1.54, 1.807) is 7.11 Å². The maximum atomic E-state index is 5.19. The van der Waals surface area contributed by atoms with Crippen LogP contribution in [-0.2, 0) is 24.4 Å². The molecule has 128 valence electrons. The lowest BCUT2D eigenvalue weighted by Gasteiger charge is -2.13. The van der Waals surface area contributed by atoms with Gasteiger partial charge in [-0.15, -0.1) is 0 Å². The van der Waals surface area contributed by atoms with E-state index < -0.39 is 0 Å². The van der Waals surface area contributed by atoms with Gasteiger partial charge in [-0.1, -0.05) is 48.5 Å². The van der Waals surface area contributed by atoms with E-state index in [2.05, 4.69) is 71.9 Å². The second-order valence-corrected chi connectivity index (χ2v) is 5.73. The van der Waals surface area contributed by atoms with Crippen LogP contribution in [0.15, 0.2) is 53.5 Å². The highest BCUT2D eigenvalue weighted by Crippen LogP contribution is 2.08. The van der Waals surface area contributed by atoms with Gasteiger partial charge in [-0.25, -0.2) is 4.99 Å². The third-order valence-corrected chi connectivity index (χ3v) is 3.77. The molecule has 0 aliphatic heterocycles. The molecule has 0 saturated carbocycles. The van der Waals surface area contributed by atoms with E-state index in [1.165, 1.54) is 22.3 Å². The van der Waals surface area contributed by atoms with E-state index in [4.69, 9.17) is 4.74 Å². The van der Waals surface area contributed by atoms with Crippen LogP contribution in [0.4, 0.5) is 0 Å². The van der Waals surface area contributed by atoms with Gasteiger partial charge in [0.25, 0.3) is 0 Å². The van der Waals surface area contributed by atoms with Gasteiger partial charge < -0.3 is 15.4 Å². The normalized spacial score (nSPS) is 11.4. The second-order valence-electron chi connectivity index (χ2n) is 5.73. The minimum absolute atomic E-state index is 0.628. The molecule has 0 atom stereocenters. The van der Waals surface area contributed by atoms with E-state index in [1.807, 2.05) is 6.07 Å². The van der Waals surface area contributed by atoms with E-state index >= 15 is 0 Å². The topological polar surface area (TPSA) is 45.7 Å². The Morgan fingerprint density at radius 2 is 1.83 bits per heavy atom. The lowest BCUT2D eigenvalue weighted by atomic mass is 10.1. The van der Waals surface area contributed by atoms with Crippen molar-refractivity contribution >= 4 is 5.96 Å². The molecule has 0 spiro atoms. The molecule has 0 unspecified atom stereocenters. The van der Waals surface area contributed by atoms with Crippen molar-refractivity contribution in [1.29, 1.82) is 0 Å². The van der Waals surface area contributed by atoms with Gasteiger partial charge in [-0.3, -0.25) is 0 Å². The average Bonchev–Trinajstić information content (AvgIpc) is 2.59. The van der Waals surface area contributed by atoms with E-state index in [0.717, 1.165) is 19.0 Å². The predicted molar refractivity (Wildman–Crippen MR) is 100.0 cm³/mol. The molecule has 0 amide bonds. The Morgan fingerprint density at radius 3 is 2.58 bits per heavy atom. The first-order valence-corrected chi connectivity index (χ1v) is 8.36. The molecule has 0 saturated heterocycles. The van der Waals surface area contributed by atoms with E-state index in [9.17, 15) is 0 Å². The first-order chi connectivity index (χ1) is 11.7. The highest BCUT2D eigenvalue weighted by molar-refractivity contribution is 5.79. The van der Waals surface area contributed by atoms with Crippen LogP contribution in [0, 0.1) is 6.92 Å². The van der Waals surface area contributed by atoms with Crippen LogP contribution in [-0.4, -0.2) is 19.6 Å². The summed E-state index contributed by atoms with van der Waals surface area (Å²) in [5.41, 5.74) is 4.92. The first kappa shape index (κ1) is 18.0. The van der Waals surface area contributed by atoms with Crippen LogP contribution < -0.4 is 10.6 Å². The number of methoxy groups -OCH3 is 1. The number of aryl methyl sites for hydroxylation is 1. The molecule has 24 heavy (non-hydrogen) atoms. The monoisotopic (exact) mass is 325 g/mol. The van der Waals surface area contributed by atoms with Crippen LogP contribution in [0.3, 0.4) is 0 Å². The number of aliphatic imine (C=N–C) groups is 1. The van der Waals surface area contributed by atoms with Crippen molar-refractivity contribution in [3.05, 3.63) is 70.8 Å². The number of benzene rings is 2. The Morgan fingerprint density at radius 1 is 1.04 bits per heavy atom. The van der Waals surface area contributed by atoms with E-state index in [0.29, 0.717) is 13.2 Å². The summed E-state index contributed by atoms with van der Waals surface area (Å²) in [6.07, 6.45) is 0. The van der Waals surface area contributed by atoms with Crippen molar-refractivity contribution < 1.29 is 4.74 Å². The molecule has 0 radical (unpaired) electrons. The third kappa shape index (κ3) is 5.70. The molecule has 0 aliphatic rings. The molecule has 0 fully saturated rings. The Balaban J connectivity index is 2.00. The highest BCUT2D eigenvalue weighted by atomic mass is 16.5. The molecule has 2 N–H and O–H groups in total. The number of guanidine groups is 1. The maximum absolute atomic E-state index is 5.19. The SMILES string of the molecule is CCNC(=NCc1cccc(COC)c1)NCc1ccccc1C. The van der Waals surface area contributed by atoms with Crippen LogP contribution in [0.25, 0.3) is 0 Å². The predicted octanol–water partition coefficient (Wildman–Crippen LogP) is 3.40. The van der Waals surface area contributed by atoms with Gasteiger partial charge >= 0.3 is 0 Å². The molecule has 2 rings (SSSR count). The summed E-state index contributed by atoms with van der Waals surface area (Å²) in [6, 6.07) is 16.7. The number of nitrogens with zero attached hydrogens (tertiary/aromatic N) is 1. The average molecular weight is 325 g/mol. The van der Waals surface area contributed by atoms with Crippen molar-refractivity contribution in [3.63, 3.8) is 0 Å². The third-order valence-electron chi connectivity index (χ3n) is 3.77. The molecule has 0 aliphatic carbocycles. The van der Waals surface area contributed by atoms with Gasteiger partial charge in [-0.05, 0) is 36.1 Å². The Bertz CT molecular complexity index is 667. The summed E-state index contributed by atoms with van der Waals surface area (Å²) in [6.45, 7) is 7.07. The van der Waals surface area contributed by atoms with Gasteiger partial charge in [0.05, 0.1) is 13.2 Å². The lowest BCUT2D eigenvalue weighted by Crippen LogP contribution is -2.36. The zero-order chi connectivity index (χ0) is 17.2. The summed E-state index contributed by atoms with van der Waals surface area (Å²) < 4.78 is 5.19. The van der Waals surface area contributed by atoms with Crippen molar-refractivity contribution in [3.8, 4) is 0 Å². The zero-order valence-electron chi connectivity index (χ0n) is 14.8. The highest BCUT2D eigenvalue weighted by Gasteiger charge is 2.01. The van der Waals surface area contributed by atoms with Crippen LogP contribution in [0.5, 0.6) is 0 Å². The maximum Gasteiger partial charge on any atom is 0.191 e. The molecule has 4 heteroatoms. The van der Waals surface area contributed by atoms with Crippen LogP contribution in [0.2, 0.25) is 0 Å². The Kier molecular flexibility index (Phi) is 7.30. The minimum Gasteiger partial charge on any atom is -0.380 e. The molecule has 0 aromatic heterocycles. The van der Waals surface area contributed by atoms with Crippen molar-refractivity contribution in [2.75, 3.05) is 13.7 Å². The standard InChI is InChI=1S/C20H27N3O/c1-4-21-20(23-14-19-11-6-5-8-16(19)2)22-13-17-9-7-10-18(12-17)15-24-3/h5-12H,4,13-15H2,1-3H3,(H2,21,22,23). The summed E-state index contributed by atoms with van der Waals surface area (Å²) in [4.78, 5) is 4.68. The minimum atomic E-state index is 0.628. The lowest BCUT2D eigenvalue weighted by molar-refractivity contribution is 0.185. The Labute approximate surface area is 145 Å². The van der Waals surface area contributed by atoms with Gasteiger partial charge in [0.1, 0.15) is 0 Å². The zero-order valence-corrected chi connectivity index (χ0v) is 14.8. The summed E-state index contributed by atoms with van der Waals surface area (Å²) in [5.74, 6) is 0.831. The number of rotatable bonds is 7. The van der Waals surface area contributed by atoms with Crippen molar-refractivity contribution in [2.45, 2.75) is 33.5 Å². The molecule has 0 heterocycles. The fraction of sp³-hybridized carbons (Fsp3) is 0.350. The number of nitrogens with one attached hydrogen (secondary N) is 2. The van der Waals surface area contributed by atoms with Crippen LogP contribution >= 0.6 is 0 Å². The first-order valence-electron chi connectivity index (χ1n) is 8.36. The fourth-order valence-electron chi connectivity index (χ4n) is 2.48. The van der Waals surface area contributed by atoms with Gasteiger partial charge in [0.2, 0.25) is 0 Å². The molecular formula is C20H27N3O. The van der Waals surface area contributed by atoms with Crippen molar-refractivity contribution in [1.82, 2.24) is 10.6 Å². The number of hydrogen-bond acceptors (Lipinski definition) is 2. The summed E-state index contributed by atoms with van der Waals surface area (Å²) >= 11 is 0. The smallest absolute Gasteiger partial charge is 0.191 e. The second kappa shape index (κ2) is 9.73. The fourth-order valence-corrected chi connectivity index (χ4v) is 2.48. The van der Waals surface area contributed by atoms with E-state index in [-0.39, 0.29) is 0 Å². The summed E-state index contributed by atoms with van der Waals surface area (Å²) in [7, 11) is 1.71. The quantitative estimate of drug-likeness (QED) is 0.606. The van der Waals surface area contributed by atoms with Gasteiger partial charge in [0.15, 0.2) is 5.96 Å². The largest absolute Gasteiger partial charge is 0.380 e. The van der Waals surface area contributed by atoms with Crippen molar-refractivity contribution in [2.24, 2.45) is 4.99 Å². The number of hydrogen-bond donors (Lipinski definition) is 2. The summed E-state index contributed by atoms with van der Waals surface area (Å²) in [5, 5.41) is 6.70. The molecular weight excluding hydrogens is 298 g/mol. The molecule has 2 aromatic carbocycles. The molecule has 4 nitrogen and oxygen atoms in total. The van der Waals surface area contributed by atoms with Gasteiger partial charge in [-0.2, -0.15) is 0 Å². The molecule has 0 bridgehead atoms. The van der Waals surface area contributed by atoms with Crippen LogP contribution in [0.1, 0.15) is 29.2 Å². The Hall–Kier alpha value is -2.33.